The van der Waals surface area contributed by atoms with Crippen molar-refractivity contribution in [1.29, 1.82) is 0 Å². The van der Waals surface area contributed by atoms with Crippen LogP contribution in [0.5, 0.6) is 0 Å². The molecule has 1 fully saturated rings. The van der Waals surface area contributed by atoms with Crippen LogP contribution in [0.15, 0.2) is 12.4 Å². The van der Waals surface area contributed by atoms with E-state index < -0.39 is 0 Å². The van der Waals surface area contributed by atoms with E-state index in [0.717, 1.165) is 36.9 Å². The van der Waals surface area contributed by atoms with Crippen LogP contribution in [0.2, 0.25) is 5.02 Å². The standard InChI is InChI=1S/C16H19ClN6O/c1-22-8-11(17)12(21-22)14(24)23-6-2-4-16(9-23)5-3-10-7-19-15(18)20-13(10)16/h7-8H,2-6,9H2,1H3,(H2,18,19,20). The summed E-state index contributed by atoms with van der Waals surface area (Å²) in [5.41, 5.74) is 8.15. The van der Waals surface area contributed by atoms with E-state index in [9.17, 15) is 4.79 Å². The normalized spacial score (nSPS) is 22.8. The van der Waals surface area contributed by atoms with Gasteiger partial charge in [0, 0.05) is 37.9 Å². The van der Waals surface area contributed by atoms with Crippen LogP contribution < -0.4 is 5.73 Å². The Morgan fingerprint density at radius 1 is 1.42 bits per heavy atom. The maximum atomic E-state index is 12.9. The number of nitrogens with zero attached hydrogens (tertiary/aromatic N) is 5. The Kier molecular flexibility index (Phi) is 3.49. The predicted molar refractivity (Wildman–Crippen MR) is 89.8 cm³/mol. The lowest BCUT2D eigenvalue weighted by atomic mass is 9.77. The predicted octanol–water partition coefficient (Wildman–Crippen LogP) is 1.57. The van der Waals surface area contributed by atoms with E-state index >= 15 is 0 Å². The number of aromatic nitrogens is 4. The molecule has 0 saturated carbocycles. The van der Waals surface area contributed by atoms with Crippen LogP contribution in [0.25, 0.3) is 0 Å². The van der Waals surface area contributed by atoms with Crippen molar-refractivity contribution in [1.82, 2.24) is 24.6 Å². The van der Waals surface area contributed by atoms with Gasteiger partial charge in [0.05, 0.1) is 10.7 Å². The third kappa shape index (κ3) is 2.34. The summed E-state index contributed by atoms with van der Waals surface area (Å²) in [5, 5.41) is 4.60. The minimum atomic E-state index is -0.123. The SMILES string of the molecule is Cn1cc(Cl)c(C(=O)N2CCCC3(CCc4cnc(N)nc43)C2)n1. The van der Waals surface area contributed by atoms with Crippen molar-refractivity contribution in [3.8, 4) is 0 Å². The Labute approximate surface area is 144 Å². The summed E-state index contributed by atoms with van der Waals surface area (Å²) < 4.78 is 1.56. The number of halogens is 1. The Morgan fingerprint density at radius 3 is 3.00 bits per heavy atom. The van der Waals surface area contributed by atoms with Crippen LogP contribution in [0, 0.1) is 0 Å². The molecule has 2 aliphatic rings. The molecule has 1 saturated heterocycles. The second-order valence-corrected chi connectivity index (χ2v) is 7.12. The number of rotatable bonds is 1. The summed E-state index contributed by atoms with van der Waals surface area (Å²) in [6, 6.07) is 0. The molecular formula is C16H19ClN6O. The first-order valence-electron chi connectivity index (χ1n) is 8.09. The smallest absolute Gasteiger partial charge is 0.275 e. The maximum Gasteiger partial charge on any atom is 0.275 e. The molecular weight excluding hydrogens is 328 g/mol. The van der Waals surface area contributed by atoms with Crippen molar-refractivity contribution < 1.29 is 4.79 Å². The van der Waals surface area contributed by atoms with Gasteiger partial charge >= 0.3 is 0 Å². The number of carbonyl (C=O) groups is 1. The first-order chi connectivity index (χ1) is 11.5. The maximum absolute atomic E-state index is 12.9. The quantitative estimate of drug-likeness (QED) is 0.846. The fourth-order valence-electron chi connectivity index (χ4n) is 4.01. The number of aryl methyl sites for hydroxylation is 2. The van der Waals surface area contributed by atoms with Gasteiger partial charge < -0.3 is 10.6 Å². The highest BCUT2D eigenvalue weighted by Gasteiger charge is 2.45. The molecule has 1 amide bonds. The summed E-state index contributed by atoms with van der Waals surface area (Å²) in [4.78, 5) is 23.3. The number of hydrogen-bond donors (Lipinski definition) is 1. The molecule has 1 spiro atoms. The number of fused-ring (bicyclic) bond motifs is 2. The second-order valence-electron chi connectivity index (χ2n) is 6.71. The molecule has 126 valence electrons. The van der Waals surface area contributed by atoms with E-state index in [1.54, 1.807) is 17.9 Å². The van der Waals surface area contributed by atoms with Crippen LogP contribution in [0.3, 0.4) is 0 Å². The molecule has 4 rings (SSSR count). The summed E-state index contributed by atoms with van der Waals surface area (Å²) in [6.45, 7) is 1.34. The van der Waals surface area contributed by atoms with Crippen molar-refractivity contribution in [3.05, 3.63) is 34.4 Å². The minimum absolute atomic E-state index is 0.116. The van der Waals surface area contributed by atoms with E-state index in [1.165, 1.54) is 0 Å². The van der Waals surface area contributed by atoms with Crippen molar-refractivity contribution in [2.45, 2.75) is 31.1 Å². The summed E-state index contributed by atoms with van der Waals surface area (Å²) in [6.07, 6.45) is 7.31. The molecule has 1 unspecified atom stereocenters. The van der Waals surface area contributed by atoms with E-state index in [0.29, 0.717) is 29.8 Å². The monoisotopic (exact) mass is 346 g/mol. The Morgan fingerprint density at radius 2 is 2.25 bits per heavy atom. The molecule has 0 aromatic carbocycles. The first kappa shape index (κ1) is 15.4. The number of hydrogen-bond acceptors (Lipinski definition) is 5. The summed E-state index contributed by atoms with van der Waals surface area (Å²) in [7, 11) is 1.76. The van der Waals surface area contributed by atoms with Crippen LogP contribution in [-0.4, -0.2) is 43.6 Å². The average molecular weight is 347 g/mol. The van der Waals surface area contributed by atoms with Gasteiger partial charge in [-0.25, -0.2) is 9.97 Å². The molecule has 2 aromatic heterocycles. The number of piperidine rings is 1. The molecule has 0 bridgehead atoms. The first-order valence-corrected chi connectivity index (χ1v) is 8.47. The molecule has 0 radical (unpaired) electrons. The van der Waals surface area contributed by atoms with Gasteiger partial charge in [0.15, 0.2) is 5.69 Å². The molecule has 2 N–H and O–H groups in total. The molecule has 24 heavy (non-hydrogen) atoms. The average Bonchev–Trinajstić information content (AvgIpc) is 3.07. The van der Waals surface area contributed by atoms with Gasteiger partial charge in [-0.1, -0.05) is 11.6 Å². The zero-order valence-corrected chi connectivity index (χ0v) is 14.3. The van der Waals surface area contributed by atoms with Crippen LogP contribution >= 0.6 is 11.6 Å². The summed E-state index contributed by atoms with van der Waals surface area (Å²) >= 11 is 6.14. The third-order valence-corrected chi connectivity index (χ3v) is 5.39. The topological polar surface area (TPSA) is 89.9 Å². The number of nitrogens with two attached hydrogens (primary N) is 1. The highest BCUT2D eigenvalue weighted by Crippen LogP contribution is 2.44. The molecule has 7 nitrogen and oxygen atoms in total. The zero-order chi connectivity index (χ0) is 16.9. The largest absolute Gasteiger partial charge is 0.368 e. The van der Waals surface area contributed by atoms with Gasteiger partial charge in [0.25, 0.3) is 5.91 Å². The van der Waals surface area contributed by atoms with E-state index in [4.69, 9.17) is 17.3 Å². The highest BCUT2D eigenvalue weighted by molar-refractivity contribution is 6.33. The van der Waals surface area contributed by atoms with Crippen LogP contribution in [0.1, 0.15) is 41.0 Å². The van der Waals surface area contributed by atoms with Crippen molar-refractivity contribution in [2.75, 3.05) is 18.8 Å². The molecule has 1 aliphatic carbocycles. The molecule has 1 aliphatic heterocycles. The van der Waals surface area contributed by atoms with Gasteiger partial charge in [-0.2, -0.15) is 5.10 Å². The lowest BCUT2D eigenvalue weighted by Crippen LogP contribution is -2.48. The lowest BCUT2D eigenvalue weighted by molar-refractivity contribution is 0.0627. The third-order valence-electron chi connectivity index (χ3n) is 5.11. The molecule has 8 heteroatoms. The number of nitrogen functional groups attached to an aromatic ring is 1. The second kappa shape index (κ2) is 5.44. The van der Waals surface area contributed by atoms with Crippen LogP contribution in [-0.2, 0) is 18.9 Å². The van der Waals surface area contributed by atoms with Crippen molar-refractivity contribution >= 4 is 23.5 Å². The van der Waals surface area contributed by atoms with Gasteiger partial charge in [-0.05, 0) is 31.2 Å². The Balaban J connectivity index is 1.65. The minimum Gasteiger partial charge on any atom is -0.368 e. The van der Waals surface area contributed by atoms with E-state index in [-0.39, 0.29) is 11.3 Å². The van der Waals surface area contributed by atoms with Gasteiger partial charge in [-0.3, -0.25) is 9.48 Å². The lowest BCUT2D eigenvalue weighted by Gasteiger charge is -2.40. The molecule has 3 heterocycles. The van der Waals surface area contributed by atoms with Crippen molar-refractivity contribution in [2.24, 2.45) is 7.05 Å². The Hall–Kier alpha value is -2.15. The van der Waals surface area contributed by atoms with Crippen molar-refractivity contribution in [3.63, 3.8) is 0 Å². The van der Waals surface area contributed by atoms with E-state index in [1.807, 2.05) is 11.1 Å². The fourth-order valence-corrected chi connectivity index (χ4v) is 4.27. The van der Waals surface area contributed by atoms with E-state index in [2.05, 4.69) is 15.1 Å². The molecule has 1 atom stereocenters. The number of likely N-dealkylation sites (tertiary alicyclic amines) is 1. The van der Waals surface area contributed by atoms with Crippen LogP contribution in [0.4, 0.5) is 5.95 Å². The zero-order valence-electron chi connectivity index (χ0n) is 13.5. The molecule has 2 aromatic rings. The van der Waals surface area contributed by atoms with Gasteiger partial charge in [0.1, 0.15) is 0 Å². The number of carbonyl (C=O) groups excluding carboxylic acids is 1. The van der Waals surface area contributed by atoms with Gasteiger partial charge in [0.2, 0.25) is 5.95 Å². The summed E-state index contributed by atoms with van der Waals surface area (Å²) in [5.74, 6) is 0.182. The number of amides is 1. The fraction of sp³-hybridized carbons (Fsp3) is 0.500. The number of anilines is 1. The van der Waals surface area contributed by atoms with Gasteiger partial charge in [-0.15, -0.1) is 0 Å². The highest BCUT2D eigenvalue weighted by atomic mass is 35.5. The Bertz CT molecular complexity index is 815.